The van der Waals surface area contributed by atoms with Gasteiger partial charge in [0.05, 0.1) is 0 Å². The molecule has 0 saturated carbocycles. The third-order valence-corrected chi connectivity index (χ3v) is 5.04. The predicted molar refractivity (Wildman–Crippen MR) is 99.9 cm³/mol. The zero-order valence-corrected chi connectivity index (χ0v) is 15.2. The molecule has 25 heavy (non-hydrogen) atoms. The van der Waals surface area contributed by atoms with Crippen LogP contribution in [0.5, 0.6) is 0 Å². The van der Waals surface area contributed by atoms with Crippen molar-refractivity contribution in [3.8, 4) is 0 Å². The second-order valence-electron chi connectivity index (χ2n) is 7.19. The number of carbonyl (C=O) groups is 2. The number of likely N-dealkylation sites (tertiary alicyclic amines) is 1. The van der Waals surface area contributed by atoms with Gasteiger partial charge in [-0.05, 0) is 43.7 Å². The van der Waals surface area contributed by atoms with Gasteiger partial charge in [-0.25, -0.2) is 0 Å². The third-order valence-electron chi connectivity index (χ3n) is 5.04. The van der Waals surface area contributed by atoms with Gasteiger partial charge in [0.15, 0.2) is 0 Å². The number of piperidine rings is 1. The van der Waals surface area contributed by atoms with E-state index in [0.29, 0.717) is 18.8 Å². The maximum atomic E-state index is 11.9. The molecule has 0 bridgehead atoms. The minimum Gasteiger partial charge on any atom is -0.369 e. The molecule has 138 valence electrons. The highest BCUT2D eigenvalue weighted by atomic mass is 16.2. The minimum absolute atomic E-state index is 0.0227. The molecule has 3 N–H and O–H groups in total. The van der Waals surface area contributed by atoms with Crippen molar-refractivity contribution in [3.05, 3.63) is 35.9 Å². The lowest BCUT2D eigenvalue weighted by Crippen LogP contribution is -2.41. The molecule has 0 aliphatic carbocycles. The van der Waals surface area contributed by atoms with Crippen LogP contribution in [0.4, 0.5) is 0 Å². The molecule has 1 aliphatic heterocycles. The van der Waals surface area contributed by atoms with Gasteiger partial charge in [-0.15, -0.1) is 0 Å². The lowest BCUT2D eigenvalue weighted by atomic mass is 9.97. The molecule has 2 amide bonds. The Morgan fingerprint density at radius 1 is 1.32 bits per heavy atom. The topological polar surface area (TPSA) is 75.4 Å². The third kappa shape index (κ3) is 7.26. The van der Waals surface area contributed by atoms with Crippen LogP contribution in [0.3, 0.4) is 0 Å². The molecule has 1 saturated heterocycles. The van der Waals surface area contributed by atoms with Crippen LogP contribution in [-0.4, -0.2) is 42.9 Å². The van der Waals surface area contributed by atoms with E-state index in [-0.39, 0.29) is 17.7 Å². The van der Waals surface area contributed by atoms with E-state index in [0.717, 1.165) is 32.6 Å². The molecule has 2 rings (SSSR count). The molecule has 1 aromatic carbocycles. The predicted octanol–water partition coefficient (Wildman–Crippen LogP) is 1.96. The first kappa shape index (κ1) is 19.4. The first-order chi connectivity index (χ1) is 12.0. The number of carbonyl (C=O) groups excluding carboxylic acids is 2. The quantitative estimate of drug-likeness (QED) is 0.718. The fourth-order valence-corrected chi connectivity index (χ4v) is 3.29. The van der Waals surface area contributed by atoms with Gasteiger partial charge in [0.1, 0.15) is 0 Å². The Kier molecular flexibility index (Phi) is 7.92. The molecule has 1 fully saturated rings. The molecule has 0 spiro atoms. The van der Waals surface area contributed by atoms with Crippen molar-refractivity contribution in [2.75, 3.05) is 26.2 Å². The molecule has 5 nitrogen and oxygen atoms in total. The Hall–Kier alpha value is -1.88. The van der Waals surface area contributed by atoms with E-state index in [4.69, 9.17) is 5.73 Å². The maximum absolute atomic E-state index is 11.9. The van der Waals surface area contributed by atoms with Crippen molar-refractivity contribution >= 4 is 11.8 Å². The zero-order valence-electron chi connectivity index (χ0n) is 15.2. The zero-order chi connectivity index (χ0) is 18.1. The molecule has 1 unspecified atom stereocenters. The Labute approximate surface area is 151 Å². The van der Waals surface area contributed by atoms with E-state index in [1.807, 2.05) is 6.07 Å². The summed E-state index contributed by atoms with van der Waals surface area (Å²) < 4.78 is 0. The fourth-order valence-electron chi connectivity index (χ4n) is 3.29. The highest BCUT2D eigenvalue weighted by Crippen LogP contribution is 2.16. The van der Waals surface area contributed by atoms with Gasteiger partial charge in [-0.2, -0.15) is 0 Å². The smallest absolute Gasteiger partial charge is 0.220 e. The summed E-state index contributed by atoms with van der Waals surface area (Å²) in [7, 11) is 0. The standard InChI is InChI=1S/C20H31N3O2/c1-16(20(21)25)9-10-19(24)22-14-18-8-5-12-23(15-18)13-11-17-6-3-2-4-7-17/h2-4,6-7,16,18H,5,8-15H2,1H3,(H2,21,25)(H,22,24)/t16?,18-/m0/s1. The molecule has 5 heteroatoms. The molecule has 1 heterocycles. The number of benzene rings is 1. The summed E-state index contributed by atoms with van der Waals surface area (Å²) in [6.45, 7) is 5.76. The average Bonchev–Trinajstić information content (AvgIpc) is 2.63. The molecule has 0 aromatic heterocycles. The molecular formula is C20H31N3O2. The maximum Gasteiger partial charge on any atom is 0.220 e. The van der Waals surface area contributed by atoms with Crippen molar-refractivity contribution in [2.45, 2.75) is 39.0 Å². The number of hydrogen-bond donors (Lipinski definition) is 2. The first-order valence-electron chi connectivity index (χ1n) is 9.37. The Balaban J connectivity index is 1.65. The van der Waals surface area contributed by atoms with Crippen LogP contribution in [0.15, 0.2) is 30.3 Å². The minimum atomic E-state index is -0.339. The van der Waals surface area contributed by atoms with Crippen molar-refractivity contribution in [1.82, 2.24) is 10.2 Å². The summed E-state index contributed by atoms with van der Waals surface area (Å²) in [5.41, 5.74) is 6.60. The highest BCUT2D eigenvalue weighted by molar-refractivity contribution is 5.79. The largest absolute Gasteiger partial charge is 0.369 e. The molecule has 1 aliphatic rings. The number of rotatable bonds is 9. The SMILES string of the molecule is CC(CCC(=O)NC[C@@H]1CCCN(CCc2ccccc2)C1)C(N)=O. The van der Waals surface area contributed by atoms with Crippen LogP contribution in [0.1, 0.15) is 38.2 Å². The second kappa shape index (κ2) is 10.2. The summed E-state index contributed by atoms with van der Waals surface area (Å²) in [5.74, 6) is -0.0420. The van der Waals surface area contributed by atoms with Crippen molar-refractivity contribution in [1.29, 1.82) is 0 Å². The molecular weight excluding hydrogens is 314 g/mol. The lowest BCUT2D eigenvalue weighted by molar-refractivity contribution is -0.123. The van der Waals surface area contributed by atoms with Crippen LogP contribution >= 0.6 is 0 Å². The number of nitrogens with two attached hydrogens (primary N) is 1. The summed E-state index contributed by atoms with van der Waals surface area (Å²) in [6.07, 6.45) is 4.32. The normalized spacial score (nSPS) is 19.3. The van der Waals surface area contributed by atoms with E-state index < -0.39 is 0 Å². The van der Waals surface area contributed by atoms with E-state index in [1.54, 1.807) is 6.92 Å². The van der Waals surface area contributed by atoms with E-state index in [1.165, 1.54) is 18.4 Å². The van der Waals surface area contributed by atoms with E-state index in [2.05, 4.69) is 34.5 Å². The number of primary amides is 1. The Bertz CT molecular complexity index is 547. The van der Waals surface area contributed by atoms with Crippen molar-refractivity contribution < 1.29 is 9.59 Å². The molecule has 2 atom stereocenters. The van der Waals surface area contributed by atoms with Gasteiger partial charge >= 0.3 is 0 Å². The number of amides is 2. The number of nitrogens with zero attached hydrogens (tertiary/aromatic N) is 1. The first-order valence-corrected chi connectivity index (χ1v) is 9.37. The summed E-state index contributed by atoms with van der Waals surface area (Å²) in [4.78, 5) is 25.4. The molecule has 0 radical (unpaired) electrons. The summed E-state index contributed by atoms with van der Waals surface area (Å²) in [6, 6.07) is 10.6. The molecule has 1 aromatic rings. The van der Waals surface area contributed by atoms with Crippen molar-refractivity contribution in [2.24, 2.45) is 17.6 Å². The van der Waals surface area contributed by atoms with Gasteiger partial charge in [0.2, 0.25) is 11.8 Å². The van der Waals surface area contributed by atoms with Crippen molar-refractivity contribution in [3.63, 3.8) is 0 Å². The Morgan fingerprint density at radius 3 is 2.80 bits per heavy atom. The summed E-state index contributed by atoms with van der Waals surface area (Å²) >= 11 is 0. The van der Waals surface area contributed by atoms with Gasteiger partial charge in [0, 0.05) is 32.0 Å². The lowest BCUT2D eigenvalue weighted by Gasteiger charge is -2.32. The number of nitrogens with one attached hydrogen (secondary N) is 1. The Morgan fingerprint density at radius 2 is 2.08 bits per heavy atom. The second-order valence-corrected chi connectivity index (χ2v) is 7.19. The van der Waals surface area contributed by atoms with Crippen LogP contribution in [0, 0.1) is 11.8 Å². The number of hydrogen-bond acceptors (Lipinski definition) is 3. The highest BCUT2D eigenvalue weighted by Gasteiger charge is 2.20. The van der Waals surface area contributed by atoms with E-state index in [9.17, 15) is 9.59 Å². The van der Waals surface area contributed by atoms with Gasteiger partial charge in [-0.1, -0.05) is 37.3 Å². The van der Waals surface area contributed by atoms with Crippen LogP contribution in [0.25, 0.3) is 0 Å². The van der Waals surface area contributed by atoms with E-state index >= 15 is 0 Å². The monoisotopic (exact) mass is 345 g/mol. The van der Waals surface area contributed by atoms with Gasteiger partial charge < -0.3 is 16.0 Å². The summed E-state index contributed by atoms with van der Waals surface area (Å²) in [5, 5.41) is 3.02. The van der Waals surface area contributed by atoms with Crippen LogP contribution < -0.4 is 11.1 Å². The van der Waals surface area contributed by atoms with Crippen LogP contribution in [0.2, 0.25) is 0 Å². The van der Waals surface area contributed by atoms with Gasteiger partial charge in [0.25, 0.3) is 0 Å². The van der Waals surface area contributed by atoms with Crippen LogP contribution in [-0.2, 0) is 16.0 Å². The average molecular weight is 345 g/mol. The fraction of sp³-hybridized carbons (Fsp3) is 0.600. The van der Waals surface area contributed by atoms with Gasteiger partial charge in [-0.3, -0.25) is 9.59 Å².